The highest BCUT2D eigenvalue weighted by Gasteiger charge is 2.30. The van der Waals surface area contributed by atoms with Crippen molar-refractivity contribution in [2.45, 2.75) is 10.9 Å². The van der Waals surface area contributed by atoms with Crippen LogP contribution >= 0.6 is 0 Å². The van der Waals surface area contributed by atoms with Crippen molar-refractivity contribution in [3.05, 3.63) is 102 Å². The van der Waals surface area contributed by atoms with Gasteiger partial charge in [-0.1, -0.05) is 60.7 Å². The van der Waals surface area contributed by atoms with Crippen molar-refractivity contribution in [3.63, 3.8) is 0 Å². The maximum Gasteiger partial charge on any atom is 0.263 e. The molecule has 32 heavy (non-hydrogen) atoms. The van der Waals surface area contributed by atoms with E-state index in [0.29, 0.717) is 11.3 Å². The third-order valence-corrected chi connectivity index (χ3v) is 6.61. The van der Waals surface area contributed by atoms with Gasteiger partial charge < -0.3 is 9.73 Å². The van der Waals surface area contributed by atoms with Crippen LogP contribution < -0.4 is 10.0 Å². The van der Waals surface area contributed by atoms with Crippen LogP contribution in [0, 0.1) is 0 Å². The Morgan fingerprint density at radius 1 is 0.969 bits per heavy atom. The minimum Gasteiger partial charge on any atom is -0.459 e. The molecule has 8 heteroatoms. The number of aliphatic imine (C=N–C) groups is 1. The van der Waals surface area contributed by atoms with Gasteiger partial charge in [0, 0.05) is 10.9 Å². The molecular weight excluding hydrogens is 426 g/mol. The Morgan fingerprint density at radius 2 is 1.69 bits per heavy atom. The van der Waals surface area contributed by atoms with Crippen molar-refractivity contribution in [1.29, 1.82) is 0 Å². The summed E-state index contributed by atoms with van der Waals surface area (Å²) in [7, 11) is -3.65. The summed E-state index contributed by atoms with van der Waals surface area (Å²) in [4.78, 5) is 17.2. The van der Waals surface area contributed by atoms with Crippen LogP contribution in [0.4, 0.5) is 0 Å². The summed E-state index contributed by atoms with van der Waals surface area (Å²) >= 11 is 0. The first-order valence-corrected chi connectivity index (χ1v) is 11.5. The second-order valence-corrected chi connectivity index (χ2v) is 9.02. The van der Waals surface area contributed by atoms with Crippen molar-refractivity contribution >= 4 is 32.7 Å². The standard InChI is InChI=1S/C24H19N3O4S/c28-22(15-25-24-18-11-5-7-13-21(18)32(29,30)27-24)26-23(16-8-2-1-3-9-16)20-14-17-10-4-6-12-19(17)31-20/h1-14,23H,15H2,(H,25,27)(H,26,28)/t23-/m0/s1. The second kappa shape index (κ2) is 7.97. The van der Waals surface area contributed by atoms with Gasteiger partial charge in [-0.3, -0.25) is 14.5 Å². The minimum absolute atomic E-state index is 0.156. The fraction of sp³-hybridized carbons (Fsp3) is 0.0833. The Balaban J connectivity index is 1.41. The highest BCUT2D eigenvalue weighted by Crippen LogP contribution is 2.28. The van der Waals surface area contributed by atoms with E-state index in [1.54, 1.807) is 18.2 Å². The highest BCUT2D eigenvalue weighted by atomic mass is 32.2. The van der Waals surface area contributed by atoms with E-state index < -0.39 is 16.1 Å². The topological polar surface area (TPSA) is 101 Å². The largest absolute Gasteiger partial charge is 0.459 e. The number of nitrogens with one attached hydrogen (secondary N) is 2. The molecule has 160 valence electrons. The molecule has 0 spiro atoms. The zero-order chi connectivity index (χ0) is 22.1. The number of benzene rings is 3. The van der Waals surface area contributed by atoms with E-state index in [-0.39, 0.29) is 23.2 Å². The fourth-order valence-corrected chi connectivity index (χ4v) is 4.97. The van der Waals surface area contributed by atoms with E-state index in [0.717, 1.165) is 16.5 Å². The predicted molar refractivity (Wildman–Crippen MR) is 121 cm³/mol. The van der Waals surface area contributed by atoms with Gasteiger partial charge >= 0.3 is 0 Å². The summed E-state index contributed by atoms with van der Waals surface area (Å²) in [6.45, 7) is -0.240. The fourth-order valence-electron chi connectivity index (χ4n) is 3.72. The number of sulfonamides is 1. The summed E-state index contributed by atoms with van der Waals surface area (Å²) in [6.07, 6.45) is 0. The molecular formula is C24H19N3O4S. The molecule has 3 aromatic carbocycles. The van der Waals surface area contributed by atoms with Crippen LogP contribution in [0.15, 0.2) is 99.2 Å². The molecule has 1 amide bonds. The number of para-hydroxylation sites is 1. The van der Waals surface area contributed by atoms with E-state index in [1.807, 2.05) is 60.7 Å². The number of carbonyl (C=O) groups excluding carboxylic acids is 1. The molecule has 0 aliphatic carbocycles. The molecule has 0 unspecified atom stereocenters. The van der Waals surface area contributed by atoms with Crippen LogP contribution in [-0.4, -0.2) is 26.7 Å². The normalized spacial score (nSPS) is 16.4. The van der Waals surface area contributed by atoms with Crippen molar-refractivity contribution in [1.82, 2.24) is 10.0 Å². The maximum absolute atomic E-state index is 12.8. The summed E-state index contributed by atoms with van der Waals surface area (Å²) in [5.41, 5.74) is 2.05. The number of amidine groups is 1. The number of furan rings is 1. The molecule has 0 saturated carbocycles. The third kappa shape index (κ3) is 3.76. The van der Waals surface area contributed by atoms with E-state index in [4.69, 9.17) is 4.42 Å². The molecule has 1 aliphatic heterocycles. The summed E-state index contributed by atoms with van der Waals surface area (Å²) < 4.78 is 32.9. The van der Waals surface area contributed by atoms with E-state index in [1.165, 1.54) is 6.07 Å². The van der Waals surface area contributed by atoms with Crippen LogP contribution in [0.2, 0.25) is 0 Å². The van der Waals surface area contributed by atoms with Gasteiger partial charge in [0.2, 0.25) is 5.91 Å². The van der Waals surface area contributed by atoms with Crippen molar-refractivity contribution in [2.24, 2.45) is 4.99 Å². The molecule has 0 saturated heterocycles. The molecule has 4 aromatic rings. The molecule has 0 bridgehead atoms. The average Bonchev–Trinajstić information content (AvgIpc) is 3.35. The van der Waals surface area contributed by atoms with Crippen LogP contribution in [0.3, 0.4) is 0 Å². The lowest BCUT2D eigenvalue weighted by molar-refractivity contribution is -0.120. The van der Waals surface area contributed by atoms with Crippen LogP contribution in [0.5, 0.6) is 0 Å². The Labute approximate surface area is 184 Å². The number of hydrogen-bond donors (Lipinski definition) is 2. The number of rotatable bonds is 5. The van der Waals surface area contributed by atoms with E-state index >= 15 is 0 Å². The first-order valence-electron chi connectivity index (χ1n) is 10.0. The lowest BCUT2D eigenvalue weighted by atomic mass is 10.0. The molecule has 0 radical (unpaired) electrons. The first-order chi connectivity index (χ1) is 15.5. The predicted octanol–water partition coefficient (Wildman–Crippen LogP) is 3.38. The van der Waals surface area contributed by atoms with Crippen molar-refractivity contribution < 1.29 is 17.6 Å². The molecule has 2 N–H and O–H groups in total. The number of carbonyl (C=O) groups is 1. The minimum atomic E-state index is -3.65. The van der Waals surface area contributed by atoms with Gasteiger partial charge in [-0.15, -0.1) is 0 Å². The van der Waals surface area contributed by atoms with Gasteiger partial charge in [-0.2, -0.15) is 0 Å². The highest BCUT2D eigenvalue weighted by molar-refractivity contribution is 7.90. The van der Waals surface area contributed by atoms with Crippen LogP contribution in [-0.2, 0) is 14.8 Å². The summed E-state index contributed by atoms with van der Waals surface area (Å²) in [6, 6.07) is 25.1. The second-order valence-electron chi connectivity index (χ2n) is 7.36. The third-order valence-electron chi connectivity index (χ3n) is 5.21. The molecule has 1 aromatic heterocycles. The zero-order valence-electron chi connectivity index (χ0n) is 16.9. The monoisotopic (exact) mass is 445 g/mol. The maximum atomic E-state index is 12.8. The van der Waals surface area contributed by atoms with E-state index in [9.17, 15) is 13.2 Å². The van der Waals surface area contributed by atoms with E-state index in [2.05, 4.69) is 15.0 Å². The Hall–Kier alpha value is -3.91. The Bertz CT molecular complexity index is 1410. The molecule has 1 atom stereocenters. The van der Waals surface area contributed by atoms with Crippen LogP contribution in [0.1, 0.15) is 22.9 Å². The van der Waals surface area contributed by atoms with Crippen LogP contribution in [0.25, 0.3) is 11.0 Å². The Kier molecular flexibility index (Phi) is 4.99. The van der Waals surface area contributed by atoms with Gasteiger partial charge in [-0.05, 0) is 29.8 Å². The lowest BCUT2D eigenvalue weighted by Gasteiger charge is -2.16. The SMILES string of the molecule is O=C(CN=C1NS(=O)(=O)c2ccccc21)N[C@@H](c1ccccc1)c1cc2ccccc2o1. The molecule has 1 aliphatic rings. The zero-order valence-corrected chi connectivity index (χ0v) is 17.7. The van der Waals surface area contributed by atoms with Gasteiger partial charge in [0.25, 0.3) is 10.0 Å². The number of nitrogens with zero attached hydrogens (tertiary/aromatic N) is 1. The molecule has 2 heterocycles. The van der Waals surface area contributed by atoms with Gasteiger partial charge in [0.05, 0.1) is 4.90 Å². The summed E-state index contributed by atoms with van der Waals surface area (Å²) in [5, 5.41) is 3.90. The van der Waals surface area contributed by atoms with Gasteiger partial charge in [0.15, 0.2) is 0 Å². The smallest absolute Gasteiger partial charge is 0.263 e. The first kappa shape index (κ1) is 20.0. The van der Waals surface area contributed by atoms with Gasteiger partial charge in [0.1, 0.15) is 29.8 Å². The molecule has 5 rings (SSSR count). The van der Waals surface area contributed by atoms with Gasteiger partial charge in [-0.25, -0.2) is 8.42 Å². The average molecular weight is 446 g/mol. The Morgan fingerprint density at radius 3 is 2.50 bits per heavy atom. The molecule has 7 nitrogen and oxygen atoms in total. The van der Waals surface area contributed by atoms with Crippen molar-refractivity contribution in [3.8, 4) is 0 Å². The number of hydrogen-bond acceptors (Lipinski definition) is 5. The lowest BCUT2D eigenvalue weighted by Crippen LogP contribution is -2.32. The number of amides is 1. The van der Waals surface area contributed by atoms with Crippen molar-refractivity contribution in [2.75, 3.05) is 6.54 Å². The summed E-state index contributed by atoms with van der Waals surface area (Å²) in [5.74, 6) is 0.399. The molecule has 0 fully saturated rings. The number of fused-ring (bicyclic) bond motifs is 2. The quantitative estimate of drug-likeness (QED) is 0.492.